The molecule has 0 radical (unpaired) electrons. The Morgan fingerprint density at radius 2 is 2.00 bits per heavy atom. The molecule has 4 nitrogen and oxygen atoms in total. The van der Waals surface area contributed by atoms with Crippen LogP contribution in [0.1, 0.15) is 12.8 Å². The van der Waals surface area contributed by atoms with Gasteiger partial charge >= 0.3 is 6.18 Å². The van der Waals surface area contributed by atoms with Crippen LogP contribution < -0.4 is 5.32 Å². The van der Waals surface area contributed by atoms with Crippen molar-refractivity contribution in [2.24, 2.45) is 0 Å². The molecule has 1 unspecified atom stereocenters. The summed E-state index contributed by atoms with van der Waals surface area (Å²) in [6.45, 7) is -0.271. The Morgan fingerprint density at radius 3 is 2.44 bits per heavy atom. The van der Waals surface area contributed by atoms with E-state index < -0.39 is 18.8 Å². The predicted molar refractivity (Wildman–Crippen MR) is 52.9 cm³/mol. The van der Waals surface area contributed by atoms with Gasteiger partial charge in [0.15, 0.2) is 6.10 Å². The molecule has 0 aromatic carbocycles. The van der Waals surface area contributed by atoms with Gasteiger partial charge in [-0.1, -0.05) is 0 Å². The Bertz CT molecular complexity index is 219. The van der Waals surface area contributed by atoms with Crippen LogP contribution in [0.3, 0.4) is 0 Å². The minimum Gasteiger partial charge on any atom is -0.382 e. The van der Waals surface area contributed by atoms with Crippen molar-refractivity contribution in [3.63, 3.8) is 0 Å². The van der Waals surface area contributed by atoms with Gasteiger partial charge in [-0.15, -0.1) is 0 Å². The number of rotatable bonds is 6. The maximum atomic E-state index is 11.8. The third-order valence-electron chi connectivity index (χ3n) is 1.96. The Hall–Kier alpha value is -0.820. The average molecular weight is 242 g/mol. The molecule has 0 fully saturated rings. The minimum absolute atomic E-state index is 0.0711. The Kier molecular flexibility index (Phi) is 6.35. The summed E-state index contributed by atoms with van der Waals surface area (Å²) in [6, 6.07) is 0. The molecule has 0 aromatic heterocycles. The number of nitrogens with zero attached hydrogens (tertiary/aromatic N) is 1. The fourth-order valence-electron chi connectivity index (χ4n) is 0.943. The first-order valence-electron chi connectivity index (χ1n) is 4.90. The van der Waals surface area contributed by atoms with Crippen molar-refractivity contribution in [1.29, 1.82) is 0 Å². The zero-order valence-corrected chi connectivity index (χ0v) is 9.34. The monoisotopic (exact) mass is 242 g/mol. The van der Waals surface area contributed by atoms with Gasteiger partial charge in [0.1, 0.15) is 0 Å². The van der Waals surface area contributed by atoms with Gasteiger partial charge in [0, 0.05) is 27.1 Å². The van der Waals surface area contributed by atoms with Crippen LogP contribution in [0.15, 0.2) is 0 Å². The lowest BCUT2D eigenvalue weighted by Crippen LogP contribution is -2.38. The van der Waals surface area contributed by atoms with Gasteiger partial charge in [-0.2, -0.15) is 13.2 Å². The summed E-state index contributed by atoms with van der Waals surface area (Å²) in [4.78, 5) is 12.5. The largest absolute Gasteiger partial charge is 0.415 e. The smallest absolute Gasteiger partial charge is 0.382 e. The summed E-state index contributed by atoms with van der Waals surface area (Å²) >= 11 is 0. The lowest BCUT2D eigenvalue weighted by atomic mass is 10.2. The Labute approximate surface area is 92.4 Å². The molecule has 0 spiro atoms. The molecule has 0 aliphatic heterocycles. The van der Waals surface area contributed by atoms with Crippen molar-refractivity contribution < 1.29 is 23.1 Å². The molecular weight excluding hydrogens is 225 g/mol. The Balaban J connectivity index is 3.51. The molecule has 0 heterocycles. The first-order chi connectivity index (χ1) is 7.25. The zero-order valence-electron chi connectivity index (χ0n) is 9.34. The van der Waals surface area contributed by atoms with E-state index in [0.29, 0.717) is 6.42 Å². The molecule has 16 heavy (non-hydrogen) atoms. The fourth-order valence-corrected chi connectivity index (χ4v) is 0.943. The van der Waals surface area contributed by atoms with E-state index in [1.807, 2.05) is 0 Å². The van der Waals surface area contributed by atoms with Crippen LogP contribution in [0.25, 0.3) is 0 Å². The molecule has 0 aliphatic carbocycles. The third kappa shape index (κ3) is 6.62. The van der Waals surface area contributed by atoms with Crippen molar-refractivity contribution in [3.05, 3.63) is 0 Å². The number of alkyl halides is 3. The van der Waals surface area contributed by atoms with Gasteiger partial charge in [-0.3, -0.25) is 4.79 Å². The first kappa shape index (κ1) is 15.2. The molecule has 0 saturated heterocycles. The van der Waals surface area contributed by atoms with Gasteiger partial charge in [0.05, 0.1) is 0 Å². The second-order valence-corrected chi connectivity index (χ2v) is 3.65. The molecular formula is C9H17F3N2O2. The standard InChI is InChI=1S/C9H17F3N2O2/c1-14(2)8(16)4-3-5-13-6-7(15)9(10,11)12/h7,13,15H,3-6H2,1-2H3. The first-order valence-corrected chi connectivity index (χ1v) is 4.90. The molecule has 96 valence electrons. The molecule has 0 saturated carbocycles. The van der Waals surface area contributed by atoms with E-state index in [1.54, 1.807) is 14.1 Å². The molecule has 0 aliphatic rings. The van der Waals surface area contributed by atoms with E-state index >= 15 is 0 Å². The van der Waals surface area contributed by atoms with E-state index in [0.717, 1.165) is 0 Å². The molecule has 0 aromatic rings. The SMILES string of the molecule is CN(C)C(=O)CCCNCC(O)C(F)(F)F. The predicted octanol–water partition coefficient (Wildman–Crippen LogP) is 0.368. The lowest BCUT2D eigenvalue weighted by Gasteiger charge is -2.15. The van der Waals surface area contributed by atoms with Crippen LogP contribution in [0.2, 0.25) is 0 Å². The number of hydrogen-bond donors (Lipinski definition) is 2. The third-order valence-corrected chi connectivity index (χ3v) is 1.96. The second kappa shape index (κ2) is 6.70. The minimum atomic E-state index is -4.59. The molecule has 0 bridgehead atoms. The van der Waals surface area contributed by atoms with Crippen molar-refractivity contribution in [2.45, 2.75) is 25.1 Å². The molecule has 2 N–H and O–H groups in total. The number of aliphatic hydroxyl groups excluding tert-OH is 1. The van der Waals surface area contributed by atoms with Gasteiger partial charge in [0.25, 0.3) is 0 Å². The van der Waals surface area contributed by atoms with Crippen molar-refractivity contribution in [3.8, 4) is 0 Å². The fraction of sp³-hybridized carbons (Fsp3) is 0.889. The van der Waals surface area contributed by atoms with E-state index in [4.69, 9.17) is 5.11 Å². The summed E-state index contributed by atoms with van der Waals surface area (Å²) < 4.78 is 35.5. The highest BCUT2D eigenvalue weighted by atomic mass is 19.4. The average Bonchev–Trinajstić information content (AvgIpc) is 2.14. The number of carbonyl (C=O) groups excluding carboxylic acids is 1. The number of aliphatic hydroxyl groups is 1. The maximum Gasteiger partial charge on any atom is 0.415 e. The summed E-state index contributed by atoms with van der Waals surface area (Å²) in [5.41, 5.74) is 0. The Morgan fingerprint density at radius 1 is 1.44 bits per heavy atom. The summed E-state index contributed by atoms with van der Waals surface area (Å²) in [5.74, 6) is -0.0711. The van der Waals surface area contributed by atoms with E-state index in [1.165, 1.54) is 4.90 Å². The topological polar surface area (TPSA) is 52.6 Å². The van der Waals surface area contributed by atoms with Crippen LogP contribution in [0.5, 0.6) is 0 Å². The summed E-state index contributed by atoms with van der Waals surface area (Å²) in [7, 11) is 3.23. The summed E-state index contributed by atoms with van der Waals surface area (Å²) in [6.07, 6.45) is -6.21. The second-order valence-electron chi connectivity index (χ2n) is 3.65. The molecule has 7 heteroatoms. The van der Waals surface area contributed by atoms with Crippen LogP contribution in [0, 0.1) is 0 Å². The van der Waals surface area contributed by atoms with Gasteiger partial charge < -0.3 is 15.3 Å². The molecule has 1 amide bonds. The van der Waals surface area contributed by atoms with Gasteiger partial charge in [-0.05, 0) is 13.0 Å². The normalized spacial score (nSPS) is 13.6. The molecule has 0 rings (SSSR count). The number of hydrogen-bond acceptors (Lipinski definition) is 3. The number of amides is 1. The highest BCUT2D eigenvalue weighted by molar-refractivity contribution is 5.75. The van der Waals surface area contributed by atoms with Crippen molar-refractivity contribution in [2.75, 3.05) is 27.2 Å². The number of carbonyl (C=O) groups is 1. The van der Waals surface area contributed by atoms with E-state index in [2.05, 4.69) is 5.32 Å². The van der Waals surface area contributed by atoms with Crippen molar-refractivity contribution >= 4 is 5.91 Å². The van der Waals surface area contributed by atoms with Gasteiger partial charge in [0.2, 0.25) is 5.91 Å². The number of halogens is 3. The van der Waals surface area contributed by atoms with Crippen LogP contribution in [-0.4, -0.2) is 55.4 Å². The highest BCUT2D eigenvalue weighted by Crippen LogP contribution is 2.19. The lowest BCUT2D eigenvalue weighted by molar-refractivity contribution is -0.201. The quantitative estimate of drug-likeness (QED) is 0.662. The highest BCUT2D eigenvalue weighted by Gasteiger charge is 2.37. The number of nitrogens with one attached hydrogen (secondary N) is 1. The van der Waals surface area contributed by atoms with Crippen molar-refractivity contribution in [1.82, 2.24) is 10.2 Å². The molecule has 1 atom stereocenters. The van der Waals surface area contributed by atoms with E-state index in [9.17, 15) is 18.0 Å². The maximum absolute atomic E-state index is 11.8. The zero-order chi connectivity index (χ0) is 12.8. The summed E-state index contributed by atoms with van der Waals surface area (Å²) in [5, 5.41) is 11.1. The van der Waals surface area contributed by atoms with E-state index in [-0.39, 0.29) is 18.9 Å². The van der Waals surface area contributed by atoms with Crippen LogP contribution >= 0.6 is 0 Å². The van der Waals surface area contributed by atoms with Gasteiger partial charge in [-0.25, -0.2) is 0 Å². The van der Waals surface area contributed by atoms with Crippen LogP contribution in [0.4, 0.5) is 13.2 Å². The van der Waals surface area contributed by atoms with Crippen LogP contribution in [-0.2, 0) is 4.79 Å².